The molecule has 0 aliphatic carbocycles. The van der Waals surface area contributed by atoms with Crippen LogP contribution in [0.4, 0.5) is 0 Å². The van der Waals surface area contributed by atoms with Crippen LogP contribution >= 0.6 is 23.2 Å². The van der Waals surface area contributed by atoms with Gasteiger partial charge in [0.1, 0.15) is 6.26 Å². The van der Waals surface area contributed by atoms with Gasteiger partial charge in [0, 0.05) is 43.3 Å². The second kappa shape index (κ2) is 10.8. The van der Waals surface area contributed by atoms with Crippen molar-refractivity contribution >= 4 is 40.0 Å². The van der Waals surface area contributed by atoms with Crippen molar-refractivity contribution in [2.24, 2.45) is 0 Å². The first kappa shape index (κ1) is 23.9. The molecule has 35 heavy (non-hydrogen) atoms. The fourth-order valence-electron chi connectivity index (χ4n) is 4.33. The van der Waals surface area contributed by atoms with Crippen LogP contribution in [0.2, 0.25) is 10.0 Å². The van der Waals surface area contributed by atoms with Gasteiger partial charge in [-0.15, -0.1) is 0 Å². The van der Waals surface area contributed by atoms with Crippen LogP contribution in [0.15, 0.2) is 59.3 Å². The summed E-state index contributed by atoms with van der Waals surface area (Å²) in [4.78, 5) is 24.6. The number of aromatic amines is 1. The molecule has 2 aromatic carbocycles. The van der Waals surface area contributed by atoms with Gasteiger partial charge in [0.15, 0.2) is 5.69 Å². The first-order chi connectivity index (χ1) is 17.1. The number of rotatable bonds is 8. The third-order valence-electron chi connectivity index (χ3n) is 6.19. The molecular formula is C26H26Cl2N4O3. The SMILES string of the molecule is O=C(c1coc(CN(CCc2c[nH]c3ccccc23)Cc2ccc(Cl)c(Cl)c2)n1)N1CCOCC1. The number of para-hydroxylation sites is 1. The lowest BCUT2D eigenvalue weighted by Gasteiger charge is -2.25. The van der Waals surface area contributed by atoms with Crippen molar-refractivity contribution < 1.29 is 13.9 Å². The van der Waals surface area contributed by atoms with Gasteiger partial charge in [0.2, 0.25) is 5.89 Å². The molecule has 4 aromatic rings. The normalized spacial score (nSPS) is 14.2. The molecule has 1 amide bonds. The van der Waals surface area contributed by atoms with Gasteiger partial charge in [-0.2, -0.15) is 0 Å². The number of morpholine rings is 1. The Morgan fingerprint density at radius 2 is 1.91 bits per heavy atom. The first-order valence-corrected chi connectivity index (χ1v) is 12.3. The summed E-state index contributed by atoms with van der Waals surface area (Å²) in [5.41, 5.74) is 3.73. The largest absolute Gasteiger partial charge is 0.447 e. The number of nitrogens with one attached hydrogen (secondary N) is 1. The van der Waals surface area contributed by atoms with Crippen LogP contribution in [0.1, 0.15) is 27.5 Å². The van der Waals surface area contributed by atoms with Crippen molar-refractivity contribution in [2.45, 2.75) is 19.5 Å². The fraction of sp³-hybridized carbons (Fsp3) is 0.308. The van der Waals surface area contributed by atoms with Crippen LogP contribution in [0, 0.1) is 0 Å². The van der Waals surface area contributed by atoms with Gasteiger partial charge in [-0.3, -0.25) is 9.69 Å². The topological polar surface area (TPSA) is 74.6 Å². The highest BCUT2D eigenvalue weighted by Gasteiger charge is 2.22. The number of hydrogen-bond acceptors (Lipinski definition) is 5. The molecule has 3 heterocycles. The summed E-state index contributed by atoms with van der Waals surface area (Å²) in [5, 5.41) is 2.27. The highest BCUT2D eigenvalue weighted by Crippen LogP contribution is 2.24. The third-order valence-corrected chi connectivity index (χ3v) is 6.93. The number of oxazole rings is 1. The van der Waals surface area contributed by atoms with Crippen LogP contribution in [0.25, 0.3) is 10.9 Å². The summed E-state index contributed by atoms with van der Waals surface area (Å²) in [6.07, 6.45) is 4.35. The molecule has 0 bridgehead atoms. The zero-order valence-electron chi connectivity index (χ0n) is 19.2. The second-order valence-electron chi connectivity index (χ2n) is 8.60. The minimum atomic E-state index is -0.127. The Labute approximate surface area is 213 Å². The minimum Gasteiger partial charge on any atom is -0.447 e. The number of aromatic nitrogens is 2. The zero-order chi connectivity index (χ0) is 24.2. The van der Waals surface area contributed by atoms with Gasteiger partial charge in [-0.1, -0.05) is 47.5 Å². The van der Waals surface area contributed by atoms with Gasteiger partial charge < -0.3 is 19.0 Å². The number of carbonyl (C=O) groups excluding carboxylic acids is 1. The maximum Gasteiger partial charge on any atom is 0.275 e. The summed E-state index contributed by atoms with van der Waals surface area (Å²) in [5.74, 6) is 0.374. The van der Waals surface area contributed by atoms with Crippen molar-refractivity contribution in [3.8, 4) is 0 Å². The van der Waals surface area contributed by atoms with Crippen LogP contribution in [-0.2, 0) is 24.2 Å². The van der Waals surface area contributed by atoms with E-state index in [0.29, 0.717) is 61.0 Å². The van der Waals surface area contributed by atoms with E-state index in [9.17, 15) is 4.79 Å². The molecular weight excluding hydrogens is 487 g/mol. The summed E-state index contributed by atoms with van der Waals surface area (Å²) >= 11 is 12.4. The summed E-state index contributed by atoms with van der Waals surface area (Å²) in [6, 6.07) is 13.9. The minimum absolute atomic E-state index is 0.127. The third kappa shape index (κ3) is 5.70. The molecule has 1 N–H and O–H groups in total. The van der Waals surface area contributed by atoms with Gasteiger partial charge in [0.05, 0.1) is 29.8 Å². The molecule has 9 heteroatoms. The smallest absolute Gasteiger partial charge is 0.275 e. The standard InChI is InChI=1S/C26H26Cl2N4O3/c27-21-6-5-18(13-22(21)28)15-31(8-7-19-14-29-23-4-2-1-3-20(19)23)16-25-30-24(17-35-25)26(33)32-9-11-34-12-10-32/h1-6,13-14,17,29H,7-12,15-16H2. The van der Waals surface area contributed by atoms with Crippen LogP contribution in [0.3, 0.4) is 0 Å². The van der Waals surface area contributed by atoms with E-state index >= 15 is 0 Å². The van der Waals surface area contributed by atoms with Gasteiger partial charge >= 0.3 is 0 Å². The molecule has 0 spiro atoms. The Morgan fingerprint density at radius 1 is 1.09 bits per heavy atom. The summed E-state index contributed by atoms with van der Waals surface area (Å²) in [7, 11) is 0. The van der Waals surface area contributed by atoms with Crippen molar-refractivity contribution in [1.29, 1.82) is 0 Å². The molecule has 0 atom stereocenters. The first-order valence-electron chi connectivity index (χ1n) is 11.6. The highest BCUT2D eigenvalue weighted by atomic mass is 35.5. The Bertz CT molecular complexity index is 1310. The lowest BCUT2D eigenvalue weighted by molar-refractivity contribution is 0.0299. The average molecular weight is 513 g/mol. The Morgan fingerprint density at radius 3 is 2.74 bits per heavy atom. The van der Waals surface area contributed by atoms with Crippen LogP contribution in [-0.4, -0.2) is 58.5 Å². The molecule has 1 aliphatic heterocycles. The zero-order valence-corrected chi connectivity index (χ0v) is 20.7. The van der Waals surface area contributed by atoms with Crippen molar-refractivity contribution in [2.75, 3.05) is 32.8 Å². The molecule has 7 nitrogen and oxygen atoms in total. The Balaban J connectivity index is 1.32. The van der Waals surface area contributed by atoms with Crippen molar-refractivity contribution in [1.82, 2.24) is 19.8 Å². The molecule has 182 valence electrons. The number of benzene rings is 2. The van der Waals surface area contributed by atoms with E-state index in [1.54, 1.807) is 11.0 Å². The summed E-state index contributed by atoms with van der Waals surface area (Å²) in [6.45, 7) is 4.07. The number of halogens is 2. The number of hydrogen-bond donors (Lipinski definition) is 1. The number of carbonyl (C=O) groups is 1. The number of H-pyrrole nitrogens is 1. The highest BCUT2D eigenvalue weighted by molar-refractivity contribution is 6.42. The molecule has 0 radical (unpaired) electrons. The van der Waals surface area contributed by atoms with Crippen molar-refractivity contribution in [3.63, 3.8) is 0 Å². The molecule has 2 aromatic heterocycles. The lowest BCUT2D eigenvalue weighted by atomic mass is 10.1. The van der Waals surface area contributed by atoms with Gasteiger partial charge in [-0.05, 0) is 35.7 Å². The van der Waals surface area contributed by atoms with E-state index in [2.05, 4.69) is 33.2 Å². The quantitative estimate of drug-likeness (QED) is 0.352. The molecule has 0 unspecified atom stereocenters. The molecule has 1 saturated heterocycles. The van der Waals surface area contributed by atoms with Crippen LogP contribution in [0.5, 0.6) is 0 Å². The van der Waals surface area contributed by atoms with E-state index < -0.39 is 0 Å². The molecule has 1 aliphatic rings. The van der Waals surface area contributed by atoms with Crippen molar-refractivity contribution in [3.05, 3.63) is 87.7 Å². The monoisotopic (exact) mass is 512 g/mol. The maximum atomic E-state index is 12.8. The summed E-state index contributed by atoms with van der Waals surface area (Å²) < 4.78 is 11.0. The number of fused-ring (bicyclic) bond motifs is 1. The number of amides is 1. The lowest BCUT2D eigenvalue weighted by Crippen LogP contribution is -2.40. The average Bonchev–Trinajstić information content (AvgIpc) is 3.52. The Kier molecular flexibility index (Phi) is 7.39. The Hall–Kier alpha value is -2.84. The molecule has 1 fully saturated rings. The molecule has 0 saturated carbocycles. The second-order valence-corrected chi connectivity index (χ2v) is 9.41. The number of ether oxygens (including phenoxy) is 1. The van der Waals surface area contributed by atoms with Gasteiger partial charge in [-0.25, -0.2) is 4.98 Å². The van der Waals surface area contributed by atoms with E-state index in [0.717, 1.165) is 24.0 Å². The predicted octanol–water partition coefficient (Wildman–Crippen LogP) is 5.18. The van der Waals surface area contributed by atoms with E-state index in [1.807, 2.05) is 24.3 Å². The number of nitrogens with zero attached hydrogens (tertiary/aromatic N) is 3. The van der Waals surface area contributed by atoms with E-state index in [4.69, 9.17) is 32.4 Å². The van der Waals surface area contributed by atoms with Crippen LogP contribution < -0.4 is 0 Å². The van der Waals surface area contributed by atoms with E-state index in [-0.39, 0.29) is 5.91 Å². The predicted molar refractivity (Wildman–Crippen MR) is 136 cm³/mol. The fourth-order valence-corrected chi connectivity index (χ4v) is 4.65. The van der Waals surface area contributed by atoms with E-state index in [1.165, 1.54) is 17.2 Å². The maximum absolute atomic E-state index is 12.8. The molecule has 5 rings (SSSR count). The van der Waals surface area contributed by atoms with Gasteiger partial charge in [0.25, 0.3) is 5.91 Å².